The molecule has 2 aromatic rings. The first kappa shape index (κ1) is 15.6. The quantitative estimate of drug-likeness (QED) is 0.554. The first-order valence-electron chi connectivity index (χ1n) is 5.37. The molecular weight excluding hydrogens is 322 g/mol. The summed E-state index contributed by atoms with van der Waals surface area (Å²) in [5, 5.41) is -0.639. The van der Waals surface area contributed by atoms with E-state index < -0.39 is 28.9 Å². The van der Waals surface area contributed by atoms with Gasteiger partial charge in [0.1, 0.15) is 5.69 Å². The molecule has 2 nitrogen and oxygen atoms in total. The van der Waals surface area contributed by atoms with Crippen molar-refractivity contribution >= 4 is 11.6 Å². The van der Waals surface area contributed by atoms with E-state index in [1.165, 1.54) is 0 Å². The zero-order valence-electron chi connectivity index (χ0n) is 9.93. The highest BCUT2D eigenvalue weighted by Gasteiger charge is 2.34. The van der Waals surface area contributed by atoms with Crippen LogP contribution in [-0.2, 0) is 12.4 Å². The Labute approximate surface area is 119 Å². The van der Waals surface area contributed by atoms with E-state index in [4.69, 9.17) is 11.6 Å². The fraction of sp³-hybridized carbons (Fsp3) is 0.167. The molecule has 0 saturated carbocycles. The number of rotatable bonds is 1. The number of hydrogen-bond donors (Lipinski definition) is 0. The van der Waals surface area contributed by atoms with Crippen LogP contribution in [0.3, 0.4) is 0 Å². The third kappa shape index (κ3) is 3.63. The van der Waals surface area contributed by atoms with Crippen molar-refractivity contribution in [1.82, 2.24) is 9.97 Å². The van der Waals surface area contributed by atoms with Gasteiger partial charge >= 0.3 is 12.4 Å². The average molecular weight is 327 g/mol. The zero-order chi connectivity index (χ0) is 15.8. The lowest BCUT2D eigenvalue weighted by molar-refractivity contribution is -0.141. The van der Waals surface area contributed by atoms with Crippen molar-refractivity contribution in [2.75, 3.05) is 0 Å². The smallest absolute Gasteiger partial charge is 0.218 e. The standard InChI is InChI=1S/C12H5ClF6N2/c13-10-20-8(5-9(21-10)12(17,18)19)6-1-3-7(4-2-6)11(14,15)16/h1-5H. The predicted octanol–water partition coefficient (Wildman–Crippen LogP) is 4.83. The van der Waals surface area contributed by atoms with Crippen LogP contribution in [0.25, 0.3) is 11.3 Å². The third-order valence-electron chi connectivity index (χ3n) is 2.50. The lowest BCUT2D eigenvalue weighted by Crippen LogP contribution is -2.09. The summed E-state index contributed by atoms with van der Waals surface area (Å²) in [6.07, 6.45) is -9.26. The van der Waals surface area contributed by atoms with Crippen molar-refractivity contribution in [1.29, 1.82) is 0 Å². The van der Waals surface area contributed by atoms with E-state index in [2.05, 4.69) is 9.97 Å². The number of benzene rings is 1. The fourth-order valence-electron chi connectivity index (χ4n) is 1.54. The van der Waals surface area contributed by atoms with Crippen molar-refractivity contribution in [2.24, 2.45) is 0 Å². The molecule has 9 heteroatoms. The van der Waals surface area contributed by atoms with Crippen molar-refractivity contribution in [3.05, 3.63) is 46.9 Å². The molecule has 0 spiro atoms. The van der Waals surface area contributed by atoms with Crippen LogP contribution < -0.4 is 0 Å². The summed E-state index contributed by atoms with van der Waals surface area (Å²) in [6, 6.07) is 4.15. The second-order valence-corrected chi connectivity index (χ2v) is 4.32. The Hall–Kier alpha value is -1.83. The number of halogens is 7. The summed E-state index contributed by atoms with van der Waals surface area (Å²) in [5.74, 6) is 0. The van der Waals surface area contributed by atoms with E-state index in [1.807, 2.05) is 0 Å². The molecule has 0 fully saturated rings. The molecule has 21 heavy (non-hydrogen) atoms. The molecule has 0 amide bonds. The Morgan fingerprint density at radius 1 is 0.810 bits per heavy atom. The summed E-state index contributed by atoms with van der Waals surface area (Å²) < 4.78 is 75.0. The van der Waals surface area contributed by atoms with E-state index in [1.54, 1.807) is 0 Å². The summed E-state index contributed by atoms with van der Waals surface area (Å²) in [6.45, 7) is 0. The minimum atomic E-state index is -4.73. The van der Waals surface area contributed by atoms with Crippen LogP contribution in [0.1, 0.15) is 11.3 Å². The van der Waals surface area contributed by atoms with Crippen LogP contribution >= 0.6 is 11.6 Å². The SMILES string of the molecule is FC(F)(F)c1ccc(-c2cc(C(F)(F)F)nc(Cl)n2)cc1. The van der Waals surface area contributed by atoms with Gasteiger partial charge in [-0.25, -0.2) is 9.97 Å². The second-order valence-electron chi connectivity index (χ2n) is 3.98. The maximum absolute atomic E-state index is 12.6. The molecule has 0 radical (unpaired) electrons. The second kappa shape index (κ2) is 5.18. The van der Waals surface area contributed by atoms with Crippen molar-refractivity contribution in [2.45, 2.75) is 12.4 Å². The fourth-order valence-corrected chi connectivity index (χ4v) is 1.72. The molecule has 0 saturated heterocycles. The Kier molecular flexibility index (Phi) is 3.83. The van der Waals surface area contributed by atoms with E-state index in [0.29, 0.717) is 6.07 Å². The van der Waals surface area contributed by atoms with E-state index in [0.717, 1.165) is 24.3 Å². The predicted molar refractivity (Wildman–Crippen MR) is 62.5 cm³/mol. The molecule has 112 valence electrons. The minimum Gasteiger partial charge on any atom is -0.218 e. The lowest BCUT2D eigenvalue weighted by Gasteiger charge is -2.10. The van der Waals surface area contributed by atoms with Crippen LogP contribution in [0.5, 0.6) is 0 Å². The van der Waals surface area contributed by atoms with Gasteiger partial charge in [0, 0.05) is 5.56 Å². The van der Waals surface area contributed by atoms with Gasteiger partial charge in [-0.15, -0.1) is 0 Å². The van der Waals surface area contributed by atoms with Gasteiger partial charge in [0.25, 0.3) is 0 Å². The molecule has 0 unspecified atom stereocenters. The molecule has 0 bridgehead atoms. The summed E-state index contributed by atoms with van der Waals surface area (Å²) >= 11 is 5.41. The zero-order valence-corrected chi connectivity index (χ0v) is 10.7. The van der Waals surface area contributed by atoms with Crippen LogP contribution in [0.4, 0.5) is 26.3 Å². The summed E-state index contributed by atoms with van der Waals surface area (Å²) in [5.41, 5.74) is -2.33. The Balaban J connectivity index is 2.45. The highest BCUT2D eigenvalue weighted by atomic mass is 35.5. The van der Waals surface area contributed by atoms with Crippen LogP contribution in [0, 0.1) is 0 Å². The average Bonchev–Trinajstić information content (AvgIpc) is 2.36. The first-order valence-corrected chi connectivity index (χ1v) is 5.74. The van der Waals surface area contributed by atoms with Crippen LogP contribution in [-0.4, -0.2) is 9.97 Å². The highest BCUT2D eigenvalue weighted by molar-refractivity contribution is 6.28. The Morgan fingerprint density at radius 3 is 1.86 bits per heavy atom. The minimum absolute atomic E-state index is 0.0674. The van der Waals surface area contributed by atoms with Crippen LogP contribution in [0.2, 0.25) is 5.28 Å². The van der Waals surface area contributed by atoms with Crippen molar-refractivity contribution in [3.8, 4) is 11.3 Å². The van der Waals surface area contributed by atoms with E-state index >= 15 is 0 Å². The van der Waals surface area contributed by atoms with Gasteiger partial charge in [-0.1, -0.05) is 12.1 Å². The largest absolute Gasteiger partial charge is 0.433 e. The Morgan fingerprint density at radius 2 is 1.38 bits per heavy atom. The van der Waals surface area contributed by atoms with E-state index in [9.17, 15) is 26.3 Å². The van der Waals surface area contributed by atoms with Gasteiger partial charge in [-0.3, -0.25) is 0 Å². The van der Waals surface area contributed by atoms with Crippen LogP contribution in [0.15, 0.2) is 30.3 Å². The molecule has 0 atom stereocenters. The Bertz CT molecular complexity index is 648. The lowest BCUT2D eigenvalue weighted by atomic mass is 10.1. The summed E-state index contributed by atoms with van der Waals surface area (Å²) in [7, 11) is 0. The molecule has 1 heterocycles. The van der Waals surface area contributed by atoms with Crippen molar-refractivity contribution in [3.63, 3.8) is 0 Å². The molecule has 0 N–H and O–H groups in total. The maximum Gasteiger partial charge on any atom is 0.433 e. The maximum atomic E-state index is 12.6. The molecule has 2 rings (SSSR count). The number of nitrogens with zero attached hydrogens (tertiary/aromatic N) is 2. The molecule has 1 aromatic heterocycles. The van der Waals surface area contributed by atoms with Gasteiger partial charge in [0.2, 0.25) is 5.28 Å². The number of hydrogen-bond acceptors (Lipinski definition) is 2. The van der Waals surface area contributed by atoms with Gasteiger partial charge < -0.3 is 0 Å². The van der Waals surface area contributed by atoms with Gasteiger partial charge in [0.15, 0.2) is 0 Å². The third-order valence-corrected chi connectivity index (χ3v) is 2.67. The number of aromatic nitrogens is 2. The van der Waals surface area contributed by atoms with Crippen molar-refractivity contribution < 1.29 is 26.3 Å². The normalized spacial score (nSPS) is 12.5. The number of alkyl halides is 6. The molecule has 0 aliphatic rings. The van der Waals surface area contributed by atoms with Gasteiger partial charge in [-0.2, -0.15) is 26.3 Å². The van der Waals surface area contributed by atoms with Gasteiger partial charge in [0.05, 0.1) is 11.3 Å². The molecule has 0 aliphatic carbocycles. The van der Waals surface area contributed by atoms with Gasteiger partial charge in [-0.05, 0) is 29.8 Å². The topological polar surface area (TPSA) is 25.8 Å². The molecule has 0 aliphatic heterocycles. The highest BCUT2D eigenvalue weighted by Crippen LogP contribution is 2.33. The monoisotopic (exact) mass is 326 g/mol. The molecule has 1 aromatic carbocycles. The van der Waals surface area contributed by atoms with E-state index in [-0.39, 0.29) is 11.3 Å². The first-order chi connectivity index (χ1) is 9.57. The molecular formula is C12H5ClF6N2. The summed E-state index contributed by atoms with van der Waals surface area (Å²) in [4.78, 5) is 6.62.